The highest BCUT2D eigenvalue weighted by molar-refractivity contribution is 5.94. The first-order chi connectivity index (χ1) is 11.9. The number of aryl methyl sites for hydroxylation is 1. The predicted molar refractivity (Wildman–Crippen MR) is 93.5 cm³/mol. The Balaban J connectivity index is 2.00. The molecule has 0 bridgehead atoms. The van der Waals surface area contributed by atoms with Crippen molar-refractivity contribution in [1.82, 2.24) is 0 Å². The van der Waals surface area contributed by atoms with Gasteiger partial charge in [0.15, 0.2) is 0 Å². The fourth-order valence-corrected chi connectivity index (χ4v) is 2.40. The van der Waals surface area contributed by atoms with E-state index in [-0.39, 0.29) is 24.6 Å². The van der Waals surface area contributed by atoms with Crippen molar-refractivity contribution in [2.45, 2.75) is 26.7 Å². The molecule has 0 aliphatic carbocycles. The average molecular weight is 346 g/mol. The van der Waals surface area contributed by atoms with Crippen molar-refractivity contribution in [3.05, 3.63) is 59.7 Å². The topological polar surface area (TPSA) is 49.4 Å². The molecular formula is C19H20F2N2O2. The summed E-state index contributed by atoms with van der Waals surface area (Å²) < 4.78 is 26.4. The van der Waals surface area contributed by atoms with Gasteiger partial charge in [0.05, 0.1) is 5.69 Å². The largest absolute Gasteiger partial charge is 0.324 e. The number of hydrogen-bond acceptors (Lipinski definition) is 2. The van der Waals surface area contributed by atoms with E-state index in [1.165, 1.54) is 11.8 Å². The van der Waals surface area contributed by atoms with Crippen LogP contribution in [-0.2, 0) is 16.0 Å². The van der Waals surface area contributed by atoms with Crippen molar-refractivity contribution >= 4 is 23.2 Å². The Labute approximate surface area is 145 Å². The molecule has 0 atom stereocenters. The van der Waals surface area contributed by atoms with Gasteiger partial charge in [0.25, 0.3) is 0 Å². The summed E-state index contributed by atoms with van der Waals surface area (Å²) >= 11 is 0. The summed E-state index contributed by atoms with van der Waals surface area (Å²) in [6.07, 6.45) is 0.887. The lowest BCUT2D eigenvalue weighted by atomic mass is 10.1. The summed E-state index contributed by atoms with van der Waals surface area (Å²) in [4.78, 5) is 25.3. The molecule has 0 heterocycles. The van der Waals surface area contributed by atoms with Gasteiger partial charge in [0.2, 0.25) is 11.8 Å². The van der Waals surface area contributed by atoms with Crippen LogP contribution in [0.5, 0.6) is 0 Å². The zero-order chi connectivity index (χ0) is 18.4. The Bertz CT molecular complexity index is 761. The maximum absolute atomic E-state index is 13.6. The van der Waals surface area contributed by atoms with Crippen LogP contribution in [0.25, 0.3) is 0 Å². The Hall–Kier alpha value is -2.76. The maximum atomic E-state index is 13.6. The molecule has 0 aromatic heterocycles. The molecule has 0 radical (unpaired) electrons. The minimum absolute atomic E-state index is 0.00801. The summed E-state index contributed by atoms with van der Waals surface area (Å²) in [6.45, 7) is 3.62. The zero-order valence-corrected chi connectivity index (χ0v) is 14.2. The van der Waals surface area contributed by atoms with Crippen LogP contribution in [0.1, 0.15) is 25.8 Å². The lowest BCUT2D eigenvalue weighted by molar-refractivity contribution is -0.117. The van der Waals surface area contributed by atoms with Gasteiger partial charge in [0, 0.05) is 31.6 Å². The van der Waals surface area contributed by atoms with Crippen molar-refractivity contribution in [3.8, 4) is 0 Å². The molecule has 6 heteroatoms. The van der Waals surface area contributed by atoms with E-state index in [4.69, 9.17) is 0 Å². The Morgan fingerprint density at radius 3 is 2.32 bits per heavy atom. The molecular weight excluding hydrogens is 326 g/mol. The molecule has 0 aliphatic heterocycles. The second-order valence-corrected chi connectivity index (χ2v) is 5.61. The molecule has 132 valence electrons. The van der Waals surface area contributed by atoms with Crippen molar-refractivity contribution in [1.29, 1.82) is 0 Å². The van der Waals surface area contributed by atoms with Crippen molar-refractivity contribution in [2.24, 2.45) is 0 Å². The molecule has 2 aromatic carbocycles. The van der Waals surface area contributed by atoms with Crippen LogP contribution in [0.3, 0.4) is 0 Å². The first kappa shape index (κ1) is 18.6. The van der Waals surface area contributed by atoms with Gasteiger partial charge in [-0.3, -0.25) is 9.59 Å². The number of halogens is 2. The quantitative estimate of drug-likeness (QED) is 0.862. The fourth-order valence-electron chi connectivity index (χ4n) is 2.40. The SMILES string of the molecule is CCc1ccc(N(CCC(=O)Nc2ccc(F)cc2F)C(C)=O)cc1. The highest BCUT2D eigenvalue weighted by Gasteiger charge is 2.14. The van der Waals surface area contributed by atoms with Gasteiger partial charge in [0.1, 0.15) is 11.6 Å². The van der Waals surface area contributed by atoms with Gasteiger partial charge in [-0.25, -0.2) is 8.78 Å². The molecule has 0 saturated heterocycles. The standard InChI is InChI=1S/C19H20F2N2O2/c1-3-14-4-7-16(8-5-14)23(13(2)24)11-10-19(25)22-18-9-6-15(20)12-17(18)21/h4-9,12H,3,10-11H2,1-2H3,(H,22,25). The monoisotopic (exact) mass is 346 g/mol. The van der Waals surface area contributed by atoms with E-state index in [1.807, 2.05) is 31.2 Å². The van der Waals surface area contributed by atoms with E-state index in [0.29, 0.717) is 11.8 Å². The number of carbonyl (C=O) groups is 2. The first-order valence-corrected chi connectivity index (χ1v) is 8.02. The average Bonchev–Trinajstić information content (AvgIpc) is 2.58. The number of benzene rings is 2. The second-order valence-electron chi connectivity index (χ2n) is 5.61. The third-order valence-electron chi connectivity index (χ3n) is 3.80. The van der Waals surface area contributed by atoms with Gasteiger partial charge in [-0.05, 0) is 36.2 Å². The van der Waals surface area contributed by atoms with Gasteiger partial charge < -0.3 is 10.2 Å². The van der Waals surface area contributed by atoms with Crippen molar-refractivity contribution in [2.75, 3.05) is 16.8 Å². The molecule has 25 heavy (non-hydrogen) atoms. The summed E-state index contributed by atoms with van der Waals surface area (Å²) in [5, 5.41) is 2.38. The number of hydrogen-bond donors (Lipinski definition) is 1. The normalized spacial score (nSPS) is 10.4. The summed E-state index contributed by atoms with van der Waals surface area (Å²) in [6, 6.07) is 10.4. The smallest absolute Gasteiger partial charge is 0.226 e. The molecule has 0 aliphatic rings. The molecule has 2 aromatic rings. The summed E-state index contributed by atoms with van der Waals surface area (Å²) in [5.74, 6) is -2.20. The van der Waals surface area contributed by atoms with Crippen LogP contribution in [-0.4, -0.2) is 18.4 Å². The number of nitrogens with one attached hydrogen (secondary N) is 1. The van der Waals surface area contributed by atoms with Gasteiger partial charge >= 0.3 is 0 Å². The van der Waals surface area contributed by atoms with E-state index in [1.54, 1.807) is 0 Å². The molecule has 0 fully saturated rings. The summed E-state index contributed by atoms with van der Waals surface area (Å²) in [7, 11) is 0. The number of anilines is 2. The fraction of sp³-hybridized carbons (Fsp3) is 0.263. The Morgan fingerprint density at radius 2 is 1.76 bits per heavy atom. The number of carbonyl (C=O) groups excluding carboxylic acids is 2. The van der Waals surface area contributed by atoms with Crippen molar-refractivity contribution < 1.29 is 18.4 Å². The molecule has 0 spiro atoms. The lowest BCUT2D eigenvalue weighted by Gasteiger charge is -2.21. The molecule has 2 amide bonds. The molecule has 2 rings (SSSR count). The van der Waals surface area contributed by atoms with E-state index in [2.05, 4.69) is 5.32 Å². The highest BCUT2D eigenvalue weighted by Crippen LogP contribution is 2.18. The molecule has 0 unspecified atom stereocenters. The predicted octanol–water partition coefficient (Wildman–Crippen LogP) is 3.91. The van der Waals surface area contributed by atoms with E-state index >= 15 is 0 Å². The minimum Gasteiger partial charge on any atom is -0.324 e. The van der Waals surface area contributed by atoms with Crippen LogP contribution >= 0.6 is 0 Å². The second kappa shape index (κ2) is 8.37. The maximum Gasteiger partial charge on any atom is 0.226 e. The van der Waals surface area contributed by atoms with E-state index in [9.17, 15) is 18.4 Å². The number of amides is 2. The zero-order valence-electron chi connectivity index (χ0n) is 14.2. The van der Waals surface area contributed by atoms with Crippen LogP contribution in [0.2, 0.25) is 0 Å². The van der Waals surface area contributed by atoms with Crippen LogP contribution in [0.15, 0.2) is 42.5 Å². The van der Waals surface area contributed by atoms with Crippen LogP contribution in [0, 0.1) is 11.6 Å². The van der Waals surface area contributed by atoms with E-state index in [0.717, 1.165) is 24.1 Å². The van der Waals surface area contributed by atoms with E-state index < -0.39 is 17.5 Å². The summed E-state index contributed by atoms with van der Waals surface area (Å²) in [5.41, 5.74) is 1.76. The Kier molecular flexibility index (Phi) is 6.22. The van der Waals surface area contributed by atoms with Gasteiger partial charge in [-0.1, -0.05) is 19.1 Å². The van der Waals surface area contributed by atoms with Crippen molar-refractivity contribution in [3.63, 3.8) is 0 Å². The molecule has 1 N–H and O–H groups in total. The Morgan fingerprint density at radius 1 is 1.08 bits per heavy atom. The lowest BCUT2D eigenvalue weighted by Crippen LogP contribution is -2.32. The minimum atomic E-state index is -0.841. The van der Waals surface area contributed by atoms with Crippen LogP contribution < -0.4 is 10.2 Å². The first-order valence-electron chi connectivity index (χ1n) is 8.02. The number of rotatable bonds is 6. The van der Waals surface area contributed by atoms with Gasteiger partial charge in [-0.2, -0.15) is 0 Å². The molecule has 4 nitrogen and oxygen atoms in total. The third kappa shape index (κ3) is 5.11. The highest BCUT2D eigenvalue weighted by atomic mass is 19.1. The third-order valence-corrected chi connectivity index (χ3v) is 3.80. The number of nitrogens with zero attached hydrogens (tertiary/aromatic N) is 1. The molecule has 0 saturated carbocycles. The van der Waals surface area contributed by atoms with Gasteiger partial charge in [-0.15, -0.1) is 0 Å². The van der Waals surface area contributed by atoms with Crippen LogP contribution in [0.4, 0.5) is 20.2 Å².